The fraction of sp³-hybridized carbons (Fsp3) is 0.375. The van der Waals surface area contributed by atoms with Gasteiger partial charge in [-0.1, -0.05) is 17.9 Å². The van der Waals surface area contributed by atoms with Gasteiger partial charge in [0.2, 0.25) is 5.78 Å². The van der Waals surface area contributed by atoms with Gasteiger partial charge in [-0.2, -0.15) is 0 Å². The average Bonchev–Trinajstić information content (AvgIpc) is 3.07. The molecule has 0 aliphatic carbocycles. The van der Waals surface area contributed by atoms with Crippen LogP contribution in [0, 0.1) is 0 Å². The van der Waals surface area contributed by atoms with Gasteiger partial charge in [0.25, 0.3) is 0 Å². The molecule has 2 unspecified atom stereocenters. The molecule has 2 aromatic rings. The molecule has 6 nitrogen and oxygen atoms in total. The minimum absolute atomic E-state index is 0.0702. The number of benzene rings is 2. The summed E-state index contributed by atoms with van der Waals surface area (Å²) < 4.78 is 16.6. The lowest BCUT2D eigenvalue weighted by Gasteiger charge is -2.31. The largest absolute Gasteiger partial charge is 0.872 e. The standard InChI is InChI=1S/C24H27NO5/c1-15-6-4-5-11-25(15)14-18-19(26)9-8-17-23(27)22(30-24(17)18)13-16-7-10-20(28-2)21(12-16)29-3/h7-10,12-13,15,26H,4-6,11,14H2,1-3H3/b22-13-. The summed E-state index contributed by atoms with van der Waals surface area (Å²) in [6, 6.07) is 8.95. The van der Waals surface area contributed by atoms with Crippen LogP contribution in [0.1, 0.15) is 47.7 Å². The van der Waals surface area contributed by atoms with Crippen LogP contribution in [0.3, 0.4) is 0 Å². The predicted octanol–water partition coefficient (Wildman–Crippen LogP) is 2.35. The lowest BCUT2D eigenvalue weighted by atomic mass is 10.0. The van der Waals surface area contributed by atoms with E-state index in [-0.39, 0.29) is 17.3 Å². The van der Waals surface area contributed by atoms with Gasteiger partial charge in [-0.25, -0.2) is 0 Å². The number of quaternary nitrogens is 1. The maximum absolute atomic E-state index is 12.9. The minimum atomic E-state index is -0.206. The minimum Gasteiger partial charge on any atom is -0.872 e. The van der Waals surface area contributed by atoms with Crippen LogP contribution < -0.4 is 24.2 Å². The summed E-state index contributed by atoms with van der Waals surface area (Å²) in [6.45, 7) is 3.84. The third-order valence-electron chi connectivity index (χ3n) is 6.09. The zero-order chi connectivity index (χ0) is 21.3. The van der Waals surface area contributed by atoms with Gasteiger partial charge < -0.3 is 24.2 Å². The second-order valence-electron chi connectivity index (χ2n) is 7.95. The molecule has 2 aliphatic heterocycles. The molecule has 1 saturated heterocycles. The molecule has 6 heteroatoms. The van der Waals surface area contributed by atoms with E-state index >= 15 is 0 Å². The van der Waals surface area contributed by atoms with E-state index in [4.69, 9.17) is 14.2 Å². The fourth-order valence-corrected chi connectivity index (χ4v) is 4.29. The third-order valence-corrected chi connectivity index (χ3v) is 6.09. The highest BCUT2D eigenvalue weighted by molar-refractivity contribution is 6.15. The third kappa shape index (κ3) is 3.75. The number of nitrogens with one attached hydrogen (secondary N) is 1. The summed E-state index contributed by atoms with van der Waals surface area (Å²) in [5, 5.41) is 12.6. The molecule has 4 rings (SSSR count). The molecule has 0 saturated carbocycles. The number of ether oxygens (including phenoxy) is 3. The highest BCUT2D eigenvalue weighted by Gasteiger charge is 2.32. The monoisotopic (exact) mass is 409 g/mol. The first-order valence-corrected chi connectivity index (χ1v) is 10.4. The maximum Gasteiger partial charge on any atom is 0.231 e. The Morgan fingerprint density at radius 1 is 1.17 bits per heavy atom. The molecule has 0 aromatic heterocycles. The first-order chi connectivity index (χ1) is 14.5. The number of piperidine rings is 1. The van der Waals surface area contributed by atoms with E-state index in [2.05, 4.69) is 6.92 Å². The Morgan fingerprint density at radius 2 is 1.97 bits per heavy atom. The van der Waals surface area contributed by atoms with E-state index in [9.17, 15) is 9.90 Å². The van der Waals surface area contributed by atoms with Crippen molar-refractivity contribution in [2.24, 2.45) is 0 Å². The summed E-state index contributed by atoms with van der Waals surface area (Å²) in [5.41, 5.74) is 1.81. The molecule has 0 spiro atoms. The number of Topliss-reactive ketones (excluding diaryl/α,β-unsaturated/α-hetero) is 1. The van der Waals surface area contributed by atoms with Crippen molar-refractivity contribution in [2.45, 2.75) is 38.8 Å². The van der Waals surface area contributed by atoms with Gasteiger partial charge in [-0.3, -0.25) is 4.79 Å². The highest BCUT2D eigenvalue weighted by atomic mass is 16.5. The van der Waals surface area contributed by atoms with Gasteiger partial charge in [0.05, 0.1) is 32.4 Å². The van der Waals surface area contributed by atoms with Crippen molar-refractivity contribution < 1.29 is 29.0 Å². The van der Waals surface area contributed by atoms with Crippen molar-refractivity contribution in [2.75, 3.05) is 20.8 Å². The highest BCUT2D eigenvalue weighted by Crippen LogP contribution is 2.39. The van der Waals surface area contributed by atoms with Crippen molar-refractivity contribution in [1.29, 1.82) is 0 Å². The number of hydrogen-bond acceptors (Lipinski definition) is 5. The molecule has 1 fully saturated rings. The van der Waals surface area contributed by atoms with E-state index in [0.717, 1.165) is 24.9 Å². The van der Waals surface area contributed by atoms with Gasteiger partial charge in [0.15, 0.2) is 17.3 Å². The summed E-state index contributed by atoms with van der Waals surface area (Å²) in [6.07, 6.45) is 5.22. The smallest absolute Gasteiger partial charge is 0.231 e. The van der Waals surface area contributed by atoms with Gasteiger partial charge in [-0.15, -0.1) is 0 Å². The molecule has 158 valence electrons. The predicted molar refractivity (Wildman–Crippen MR) is 111 cm³/mol. The van der Waals surface area contributed by atoms with E-state index in [1.807, 2.05) is 6.07 Å². The van der Waals surface area contributed by atoms with Gasteiger partial charge in [0.1, 0.15) is 12.3 Å². The molecule has 30 heavy (non-hydrogen) atoms. The quantitative estimate of drug-likeness (QED) is 0.768. The Balaban J connectivity index is 1.65. The lowest BCUT2D eigenvalue weighted by Crippen LogP contribution is -3.14. The van der Waals surface area contributed by atoms with Gasteiger partial charge >= 0.3 is 0 Å². The first-order valence-electron chi connectivity index (χ1n) is 10.4. The molecular weight excluding hydrogens is 382 g/mol. The zero-order valence-electron chi connectivity index (χ0n) is 17.6. The van der Waals surface area contributed by atoms with E-state index in [1.54, 1.807) is 38.5 Å². The summed E-state index contributed by atoms with van der Waals surface area (Å²) in [7, 11) is 3.14. The summed E-state index contributed by atoms with van der Waals surface area (Å²) in [4.78, 5) is 14.3. The molecule has 2 aromatic carbocycles. The van der Waals surface area contributed by atoms with Gasteiger partial charge in [0, 0.05) is 5.56 Å². The van der Waals surface area contributed by atoms with E-state index in [0.29, 0.717) is 41.0 Å². The van der Waals surface area contributed by atoms with Crippen LogP contribution >= 0.6 is 0 Å². The molecule has 2 atom stereocenters. The van der Waals surface area contributed by atoms with Crippen molar-refractivity contribution in [3.8, 4) is 23.0 Å². The molecule has 0 radical (unpaired) electrons. The van der Waals surface area contributed by atoms with E-state index < -0.39 is 0 Å². The van der Waals surface area contributed by atoms with Crippen molar-refractivity contribution in [3.05, 3.63) is 52.8 Å². The van der Waals surface area contributed by atoms with E-state index in [1.165, 1.54) is 17.4 Å². The summed E-state index contributed by atoms with van der Waals surface area (Å²) >= 11 is 0. The Bertz CT molecular complexity index is 997. The average molecular weight is 409 g/mol. The normalized spacial score (nSPS) is 22.0. The fourth-order valence-electron chi connectivity index (χ4n) is 4.29. The molecule has 0 amide bonds. The van der Waals surface area contributed by atoms with Crippen LogP contribution in [0.15, 0.2) is 36.1 Å². The number of carbonyl (C=O) groups excluding carboxylic acids is 1. The van der Waals surface area contributed by atoms with Gasteiger partial charge in [-0.05, 0) is 56.0 Å². The number of methoxy groups -OCH3 is 2. The Labute approximate surface area is 176 Å². The number of likely N-dealkylation sites (tertiary alicyclic amines) is 1. The molecule has 2 heterocycles. The van der Waals surface area contributed by atoms with Crippen LogP contribution in [0.2, 0.25) is 0 Å². The van der Waals surface area contributed by atoms with Crippen LogP contribution in [0.25, 0.3) is 6.08 Å². The maximum atomic E-state index is 12.9. The lowest BCUT2D eigenvalue weighted by molar-refractivity contribution is -0.942. The molecule has 0 bridgehead atoms. The molecule has 1 N–H and O–H groups in total. The number of carbonyl (C=O) groups is 1. The Kier molecular flexibility index (Phi) is 5.68. The Hall–Kier alpha value is -2.99. The van der Waals surface area contributed by atoms with Crippen LogP contribution in [0.5, 0.6) is 23.0 Å². The van der Waals surface area contributed by atoms with Crippen LogP contribution in [-0.4, -0.2) is 32.6 Å². The van der Waals surface area contributed by atoms with Crippen LogP contribution in [-0.2, 0) is 6.54 Å². The number of hydrogen-bond donors (Lipinski definition) is 1. The molecular formula is C24H27NO5. The molecule has 2 aliphatic rings. The topological polar surface area (TPSA) is 72.3 Å². The number of rotatable bonds is 5. The SMILES string of the molecule is COc1ccc(/C=C2\Oc3c(ccc([O-])c3C[NH+]3CCCCC3C)C2=O)cc1OC. The second-order valence-corrected chi connectivity index (χ2v) is 7.95. The zero-order valence-corrected chi connectivity index (χ0v) is 17.6. The van der Waals surface area contributed by atoms with Crippen molar-refractivity contribution in [3.63, 3.8) is 0 Å². The van der Waals surface area contributed by atoms with Crippen molar-refractivity contribution in [1.82, 2.24) is 0 Å². The number of ketones is 1. The number of fused-ring (bicyclic) bond motifs is 1. The number of allylic oxidation sites excluding steroid dienone is 1. The second kappa shape index (κ2) is 8.40. The van der Waals surface area contributed by atoms with Crippen LogP contribution in [0.4, 0.5) is 0 Å². The first kappa shape index (κ1) is 20.3. The van der Waals surface area contributed by atoms with Crippen molar-refractivity contribution >= 4 is 11.9 Å². The Morgan fingerprint density at radius 3 is 2.70 bits per heavy atom. The summed E-state index contributed by atoms with van der Waals surface area (Å²) in [5.74, 6) is 1.54.